The fourth-order valence-electron chi connectivity index (χ4n) is 0.457. The number of nitro groups is 1. The summed E-state index contributed by atoms with van der Waals surface area (Å²) in [6.07, 6.45) is 0. The zero-order valence-electron chi connectivity index (χ0n) is 4.28. The molecule has 1 aromatic heterocycles. The monoisotopic (exact) mass is 164 g/mol. The molecule has 0 aliphatic rings. The molecule has 0 fully saturated rings. The number of hydrogen-bond donors (Lipinski definition) is 0. The van der Waals surface area contributed by atoms with Gasteiger partial charge in [0, 0.05) is 6.07 Å². The van der Waals surface area contributed by atoms with Crippen molar-refractivity contribution < 1.29 is 4.92 Å². The van der Waals surface area contributed by atoms with Gasteiger partial charge >= 0.3 is 5.00 Å². The molecule has 0 aliphatic carbocycles. The highest BCUT2D eigenvalue weighted by atomic mass is 35.7. The van der Waals surface area contributed by atoms with Crippen LogP contribution in [0.15, 0.2) is 17.5 Å². The Morgan fingerprint density at radius 3 is 2.67 bits per heavy atom. The summed E-state index contributed by atoms with van der Waals surface area (Å²) in [6.45, 7) is 0. The second kappa shape index (κ2) is 2.33. The Labute approximate surface area is 58.5 Å². The largest absolute Gasteiger partial charge is 0.482 e. The summed E-state index contributed by atoms with van der Waals surface area (Å²) in [5.74, 6) is 0. The van der Waals surface area contributed by atoms with Crippen molar-refractivity contribution in [2.75, 3.05) is 0 Å². The van der Waals surface area contributed by atoms with Gasteiger partial charge < -0.3 is 0 Å². The van der Waals surface area contributed by atoms with E-state index in [1.807, 2.05) is 0 Å². The Kier molecular flexibility index (Phi) is 1.68. The van der Waals surface area contributed by atoms with Gasteiger partial charge in [0.2, 0.25) is 10.7 Å². The van der Waals surface area contributed by atoms with Crippen LogP contribution in [0.2, 0.25) is 0 Å². The van der Waals surface area contributed by atoms with Gasteiger partial charge in [-0.2, -0.15) is 0 Å². The second-order valence-electron chi connectivity index (χ2n) is 1.37. The summed E-state index contributed by atoms with van der Waals surface area (Å²) in [7, 11) is 4.72. The third-order valence-electron chi connectivity index (χ3n) is 0.817. The van der Waals surface area contributed by atoms with Crippen molar-refractivity contribution in [3.63, 3.8) is 0 Å². The molecule has 0 saturated carbocycles. The average Bonchev–Trinajstić information content (AvgIpc) is 2.13. The van der Waals surface area contributed by atoms with Crippen LogP contribution in [-0.4, -0.2) is 4.92 Å². The van der Waals surface area contributed by atoms with Crippen molar-refractivity contribution in [2.45, 2.75) is 0 Å². The topological polar surface area (TPSA) is 43.1 Å². The van der Waals surface area contributed by atoms with E-state index in [-0.39, 0.29) is 5.00 Å². The molecule has 0 radical (unpaired) electrons. The van der Waals surface area contributed by atoms with Crippen LogP contribution in [0.1, 0.15) is 0 Å². The zero-order valence-corrected chi connectivity index (χ0v) is 5.85. The lowest BCUT2D eigenvalue weighted by Gasteiger charge is -1.73. The summed E-state index contributed by atoms with van der Waals surface area (Å²) < 4.78 is 0. The van der Waals surface area contributed by atoms with Crippen LogP contribution in [0, 0.1) is 10.1 Å². The van der Waals surface area contributed by atoms with Gasteiger partial charge in [0.05, 0.1) is 6.07 Å². The van der Waals surface area contributed by atoms with E-state index in [4.69, 9.17) is 10.7 Å². The molecule has 5 heteroatoms. The van der Waals surface area contributed by atoms with Crippen molar-refractivity contribution in [2.24, 2.45) is 0 Å². The molecule has 0 bridgehead atoms. The maximum absolute atomic E-state index is 10.0. The summed E-state index contributed by atoms with van der Waals surface area (Å²) in [5, 5.41) is 11.7. The standard InChI is InChI=1S/C4H3ClNO2S/c5-9-3-1-2-4(9)6(7)8/h1-3H/q+1. The van der Waals surface area contributed by atoms with Crippen molar-refractivity contribution >= 4 is 25.4 Å². The molecule has 0 aliphatic heterocycles. The molecule has 1 unspecified atom stereocenters. The summed E-state index contributed by atoms with van der Waals surface area (Å²) >= 11 is 0. The van der Waals surface area contributed by atoms with Gasteiger partial charge in [-0.3, -0.25) is 10.1 Å². The first-order valence-corrected chi connectivity index (χ1v) is 4.25. The van der Waals surface area contributed by atoms with Gasteiger partial charge in [-0.05, 0) is 0 Å². The predicted molar refractivity (Wildman–Crippen MR) is 36.8 cm³/mol. The van der Waals surface area contributed by atoms with Crippen molar-refractivity contribution in [3.05, 3.63) is 27.6 Å². The number of halogens is 1. The van der Waals surface area contributed by atoms with Gasteiger partial charge in [-0.1, -0.05) is 0 Å². The lowest BCUT2D eigenvalue weighted by atomic mass is 10.6. The SMILES string of the molecule is O=[N+]([O-])c1ccc[s+]1Cl. The van der Waals surface area contributed by atoms with Gasteiger partial charge in [0.15, 0.2) is 15.1 Å². The quantitative estimate of drug-likeness (QED) is 0.363. The van der Waals surface area contributed by atoms with Gasteiger partial charge in [-0.25, -0.2) is 0 Å². The molecule has 3 nitrogen and oxygen atoms in total. The lowest BCUT2D eigenvalue weighted by Crippen LogP contribution is -1.81. The van der Waals surface area contributed by atoms with Gasteiger partial charge in [0.1, 0.15) is 4.92 Å². The van der Waals surface area contributed by atoms with E-state index >= 15 is 0 Å². The summed E-state index contributed by atoms with van der Waals surface area (Å²) in [4.78, 5) is 9.57. The molecule has 1 heterocycles. The fourth-order valence-corrected chi connectivity index (χ4v) is 1.67. The normalized spacial score (nSPS) is 11.4. The number of hydrogen-bond acceptors (Lipinski definition) is 2. The maximum atomic E-state index is 10.0. The average molecular weight is 165 g/mol. The van der Waals surface area contributed by atoms with E-state index < -0.39 is 14.6 Å². The van der Waals surface area contributed by atoms with E-state index in [1.165, 1.54) is 6.07 Å². The van der Waals surface area contributed by atoms with Crippen molar-refractivity contribution in [3.8, 4) is 0 Å². The van der Waals surface area contributed by atoms with Crippen molar-refractivity contribution in [1.82, 2.24) is 0 Å². The summed E-state index contributed by atoms with van der Waals surface area (Å²) in [6, 6.07) is 3.00. The smallest absolute Gasteiger partial charge is 0.254 e. The van der Waals surface area contributed by atoms with Crippen LogP contribution in [-0.2, 0) is 0 Å². The molecular formula is C4H3ClNO2S+. The first kappa shape index (κ1) is 6.51. The van der Waals surface area contributed by atoms with Crippen LogP contribution >= 0.6 is 20.4 Å². The van der Waals surface area contributed by atoms with E-state index in [2.05, 4.69) is 0 Å². The number of thiophene rings is 1. The van der Waals surface area contributed by atoms with Crippen LogP contribution in [0.4, 0.5) is 5.00 Å². The Balaban J connectivity index is 3.08. The Hall–Kier alpha value is -0.610. The molecule has 0 aromatic carbocycles. The Morgan fingerprint density at radius 1 is 1.78 bits per heavy atom. The lowest BCUT2D eigenvalue weighted by molar-refractivity contribution is -0.380. The number of rotatable bonds is 1. The molecule has 1 aromatic rings. The highest BCUT2D eigenvalue weighted by Gasteiger charge is 2.21. The number of nitrogens with zero attached hydrogens (tertiary/aromatic N) is 1. The van der Waals surface area contributed by atoms with E-state index in [0.29, 0.717) is 0 Å². The van der Waals surface area contributed by atoms with Crippen molar-refractivity contribution in [1.29, 1.82) is 0 Å². The van der Waals surface area contributed by atoms with Gasteiger partial charge in [-0.15, -0.1) is 0 Å². The van der Waals surface area contributed by atoms with Crippen LogP contribution in [0.5, 0.6) is 0 Å². The molecule has 48 valence electrons. The molecule has 0 N–H and O–H groups in total. The minimum absolute atomic E-state index is 0.0802. The van der Waals surface area contributed by atoms with Crippen LogP contribution in [0.3, 0.4) is 0 Å². The molecular weight excluding hydrogens is 162 g/mol. The first-order valence-electron chi connectivity index (χ1n) is 2.14. The maximum Gasteiger partial charge on any atom is 0.482 e. The molecule has 9 heavy (non-hydrogen) atoms. The minimum atomic E-state index is -0.787. The Morgan fingerprint density at radius 2 is 2.44 bits per heavy atom. The van der Waals surface area contributed by atoms with Crippen LogP contribution < -0.4 is 0 Å². The summed E-state index contributed by atoms with van der Waals surface area (Å²) in [5.41, 5.74) is 0. The molecule has 0 amide bonds. The van der Waals surface area contributed by atoms with E-state index in [9.17, 15) is 10.1 Å². The second-order valence-corrected chi connectivity index (χ2v) is 3.63. The highest BCUT2D eigenvalue weighted by molar-refractivity contribution is 7.63. The molecule has 1 atom stereocenters. The first-order chi connectivity index (χ1) is 4.22. The molecule has 0 saturated heterocycles. The minimum Gasteiger partial charge on any atom is -0.254 e. The fraction of sp³-hybridized carbons (Fsp3) is 0. The third-order valence-corrected chi connectivity index (χ3v) is 2.68. The van der Waals surface area contributed by atoms with Gasteiger partial charge in [0.25, 0.3) is 0 Å². The third kappa shape index (κ3) is 1.20. The van der Waals surface area contributed by atoms with E-state index in [0.717, 1.165) is 0 Å². The predicted octanol–water partition coefficient (Wildman–Crippen LogP) is 2.35. The Bertz CT molecular complexity index is 234. The van der Waals surface area contributed by atoms with Crippen LogP contribution in [0.25, 0.3) is 0 Å². The van der Waals surface area contributed by atoms with E-state index in [1.54, 1.807) is 11.4 Å². The molecule has 1 rings (SSSR count). The highest BCUT2D eigenvalue weighted by Crippen LogP contribution is 2.35. The molecule has 0 spiro atoms. The zero-order chi connectivity index (χ0) is 6.85.